The Kier molecular flexibility index (Phi) is 9.47. The number of aliphatic carboxylic acids is 1. The highest BCUT2D eigenvalue weighted by atomic mass is 16.6. The van der Waals surface area contributed by atoms with E-state index in [0.717, 1.165) is 54.6 Å². The van der Waals surface area contributed by atoms with Crippen LogP contribution in [0.3, 0.4) is 0 Å². The number of aromatic hydroxyl groups is 10. The van der Waals surface area contributed by atoms with Gasteiger partial charge in [0.2, 0.25) is 5.60 Å². The average molecular weight is 917 g/mol. The van der Waals surface area contributed by atoms with Crippen molar-refractivity contribution < 1.29 is 110 Å². The second kappa shape index (κ2) is 14.5. The molecule has 0 radical (unpaired) electrons. The first kappa shape index (κ1) is 43.2. The van der Waals surface area contributed by atoms with E-state index in [4.69, 9.17) is 18.9 Å². The Labute approximate surface area is 368 Å². The number of hydrogen-bond acceptors (Lipinski definition) is 21. The number of carbonyl (C=O) groups excluding carboxylic acids is 3. The van der Waals surface area contributed by atoms with Crippen LogP contribution < -0.4 is 9.47 Å². The maximum absolute atomic E-state index is 14.3. The Bertz CT molecular complexity index is 2860. The van der Waals surface area contributed by atoms with Gasteiger partial charge in [0.05, 0.1) is 11.1 Å². The lowest BCUT2D eigenvalue weighted by Crippen LogP contribution is -2.78. The standard InChI is InChI=1S/C44H36O22/c45-16-5-23(47)19-9-31(65-39(56)14-1-25(49)35(54)26(50)2-14)37(63-29(19)7-16)18-11-33(53)42(60)12-21(18)34-22(13-43(42,61)44(34,62)41(58)59)38-32(10-20-24(48)6-17(46)8-30(20)64-38)66-40(57)15-3-27(51)36(55)28(52)4-15/h1-8,11,13,21,31-32,34,37-38,45-52,54-55,60-62H,9-10,12H2,(H,58,59)/t21-,31+,32-,34?,37+,38-,42?,43?,44?/m0/s1. The predicted octanol–water partition coefficient (Wildman–Crippen LogP) is 0.864. The SMILES string of the molecule is O=C(O[C@H]1Cc2c(O)cc(O)cc2O[C@H]1C1=CC2(O)C3(O)C[C@@H](C([C@H]4Oc5cc(O)cc(O)c5C[C@H]4OC(=O)c4cc(O)c(O)c(O)c4)=CC3=O)C1C2(O)C(=O)O)c1cc(O)c(O)c(O)c1. The average Bonchev–Trinajstić information content (AvgIpc) is 3.44. The molecule has 14 N–H and O–H groups in total. The lowest BCUT2D eigenvalue weighted by atomic mass is 9.52. The first-order chi connectivity index (χ1) is 31.0. The Morgan fingerprint density at radius 3 is 1.44 bits per heavy atom. The van der Waals surface area contributed by atoms with Crippen LogP contribution in [0.25, 0.3) is 0 Å². The van der Waals surface area contributed by atoms with Gasteiger partial charge in [0.1, 0.15) is 46.7 Å². The summed E-state index contributed by atoms with van der Waals surface area (Å²) in [5.74, 6) is -18.3. The number of fused-ring (bicyclic) bond motifs is 8. The molecule has 344 valence electrons. The van der Waals surface area contributed by atoms with Crippen LogP contribution in [0, 0.1) is 11.8 Å². The van der Waals surface area contributed by atoms with Crippen molar-refractivity contribution in [1.29, 1.82) is 0 Å². The fourth-order valence-corrected chi connectivity index (χ4v) is 9.82. The molecule has 3 aliphatic carbocycles. The summed E-state index contributed by atoms with van der Waals surface area (Å²) in [6, 6.07) is 6.88. The molecule has 9 atom stereocenters. The zero-order chi connectivity index (χ0) is 47.7. The van der Waals surface area contributed by atoms with Gasteiger partial charge in [-0.3, -0.25) is 4.79 Å². The molecule has 0 aromatic heterocycles. The van der Waals surface area contributed by atoms with Crippen molar-refractivity contribution >= 4 is 23.7 Å². The molecule has 1 fully saturated rings. The lowest BCUT2D eigenvalue weighted by molar-refractivity contribution is -0.254. The highest BCUT2D eigenvalue weighted by Gasteiger charge is 2.80. The molecule has 2 heterocycles. The molecule has 5 aliphatic rings. The highest BCUT2D eigenvalue weighted by molar-refractivity contribution is 6.03. The van der Waals surface area contributed by atoms with Crippen LogP contribution in [0.1, 0.15) is 38.3 Å². The highest BCUT2D eigenvalue weighted by Crippen LogP contribution is 2.64. The van der Waals surface area contributed by atoms with Gasteiger partial charge < -0.3 is 90.4 Å². The summed E-state index contributed by atoms with van der Waals surface area (Å²) in [7, 11) is 0. The number of benzene rings is 4. The van der Waals surface area contributed by atoms with E-state index in [-0.39, 0.29) is 28.2 Å². The van der Waals surface area contributed by atoms with Gasteiger partial charge in [-0.2, -0.15) is 0 Å². The number of phenolic OH excluding ortho intramolecular Hbond substituents is 10. The normalized spacial score (nSPS) is 29.2. The van der Waals surface area contributed by atoms with E-state index in [2.05, 4.69) is 0 Å². The van der Waals surface area contributed by atoms with Crippen molar-refractivity contribution in [3.8, 4) is 69.0 Å². The van der Waals surface area contributed by atoms with Crippen LogP contribution >= 0.6 is 0 Å². The number of phenols is 10. The molecule has 4 bridgehead atoms. The van der Waals surface area contributed by atoms with E-state index >= 15 is 0 Å². The third-order valence-electron chi connectivity index (χ3n) is 12.9. The van der Waals surface area contributed by atoms with Crippen LogP contribution in [0.2, 0.25) is 0 Å². The van der Waals surface area contributed by atoms with Gasteiger partial charge in [-0.15, -0.1) is 0 Å². The number of carboxylic acid groups (broad SMARTS) is 1. The Hall–Kier alpha value is -8.08. The van der Waals surface area contributed by atoms with Crippen molar-refractivity contribution in [2.24, 2.45) is 11.8 Å². The molecule has 66 heavy (non-hydrogen) atoms. The second-order valence-electron chi connectivity index (χ2n) is 16.6. The number of rotatable bonds is 7. The van der Waals surface area contributed by atoms with E-state index in [9.17, 15) is 90.7 Å². The fraction of sp³-hybridized carbons (Fsp3) is 0.273. The van der Waals surface area contributed by atoms with E-state index < -0.39 is 170 Å². The predicted molar refractivity (Wildman–Crippen MR) is 212 cm³/mol. The smallest absolute Gasteiger partial charge is 0.339 e. The van der Waals surface area contributed by atoms with Crippen LogP contribution in [0.15, 0.2) is 71.8 Å². The van der Waals surface area contributed by atoms with Gasteiger partial charge >= 0.3 is 17.9 Å². The molecule has 22 heteroatoms. The number of ether oxygens (including phenoxy) is 4. The Balaban J connectivity index is 1.19. The van der Waals surface area contributed by atoms with Gasteiger partial charge in [-0.05, 0) is 59.9 Å². The number of carbonyl (C=O) groups is 4. The molecule has 9 rings (SSSR count). The topological polar surface area (TPSA) is 388 Å². The van der Waals surface area contributed by atoms with Crippen LogP contribution in [-0.4, -0.2) is 136 Å². The van der Waals surface area contributed by atoms with Crippen LogP contribution in [0.5, 0.6) is 69.0 Å². The summed E-state index contributed by atoms with van der Waals surface area (Å²) in [4.78, 5) is 55.2. The van der Waals surface area contributed by atoms with Gasteiger partial charge in [-0.25, -0.2) is 14.4 Å². The van der Waals surface area contributed by atoms with Gasteiger partial charge in [-0.1, -0.05) is 0 Å². The first-order valence-corrected chi connectivity index (χ1v) is 19.7. The summed E-state index contributed by atoms with van der Waals surface area (Å²) in [6.45, 7) is 0. The van der Waals surface area contributed by atoms with Crippen molar-refractivity contribution in [2.75, 3.05) is 0 Å². The Morgan fingerprint density at radius 1 is 0.591 bits per heavy atom. The monoisotopic (exact) mass is 916 g/mol. The minimum atomic E-state index is -3.57. The minimum Gasteiger partial charge on any atom is -0.508 e. The first-order valence-electron chi connectivity index (χ1n) is 19.7. The van der Waals surface area contributed by atoms with Gasteiger partial charge in [0, 0.05) is 54.2 Å². The molecule has 4 aromatic carbocycles. The summed E-state index contributed by atoms with van der Waals surface area (Å²) in [5.41, 5.74) is -12.1. The zero-order valence-corrected chi connectivity index (χ0v) is 33.4. The largest absolute Gasteiger partial charge is 0.508 e. The number of aliphatic hydroxyl groups is 3. The molecule has 0 saturated heterocycles. The lowest BCUT2D eigenvalue weighted by Gasteiger charge is -2.57. The van der Waals surface area contributed by atoms with Crippen molar-refractivity contribution in [2.45, 2.75) is 60.5 Å². The van der Waals surface area contributed by atoms with Crippen molar-refractivity contribution in [3.05, 3.63) is 94.1 Å². The van der Waals surface area contributed by atoms with Crippen LogP contribution in [0.4, 0.5) is 0 Å². The maximum Gasteiger partial charge on any atom is 0.339 e. The fourth-order valence-electron chi connectivity index (χ4n) is 9.82. The Morgan fingerprint density at radius 2 is 1.02 bits per heavy atom. The van der Waals surface area contributed by atoms with E-state index in [1.165, 1.54) is 0 Å². The molecule has 2 aliphatic heterocycles. The summed E-state index contributed by atoms with van der Waals surface area (Å²) in [5, 5.41) is 151. The summed E-state index contributed by atoms with van der Waals surface area (Å²) in [6.07, 6.45) is -7.42. The molecule has 1 saturated carbocycles. The molecular weight excluding hydrogens is 880 g/mol. The number of esters is 2. The maximum atomic E-state index is 14.3. The van der Waals surface area contributed by atoms with Gasteiger partial charge in [0.25, 0.3) is 0 Å². The van der Waals surface area contributed by atoms with E-state index in [1.54, 1.807) is 0 Å². The number of ketones is 1. The molecule has 4 unspecified atom stereocenters. The quantitative estimate of drug-likeness (QED) is 0.0694. The van der Waals surface area contributed by atoms with Gasteiger partial charge in [0.15, 0.2) is 63.7 Å². The third kappa shape index (κ3) is 6.13. The number of carboxylic acids is 1. The zero-order valence-electron chi connectivity index (χ0n) is 33.4. The molecule has 22 nitrogen and oxygen atoms in total. The summed E-state index contributed by atoms with van der Waals surface area (Å²) >= 11 is 0. The van der Waals surface area contributed by atoms with Crippen molar-refractivity contribution in [3.63, 3.8) is 0 Å². The van der Waals surface area contributed by atoms with Crippen LogP contribution in [-0.2, 0) is 31.9 Å². The molecule has 0 amide bonds. The minimum absolute atomic E-state index is 0.0558. The third-order valence-corrected chi connectivity index (χ3v) is 12.9. The van der Waals surface area contributed by atoms with Crippen molar-refractivity contribution in [1.82, 2.24) is 0 Å². The molecule has 0 spiro atoms. The molecule has 4 aromatic rings. The second-order valence-corrected chi connectivity index (χ2v) is 16.6. The molecular formula is C44H36O22. The summed E-state index contributed by atoms with van der Waals surface area (Å²) < 4.78 is 24.0. The number of hydrogen-bond donors (Lipinski definition) is 14. The van der Waals surface area contributed by atoms with E-state index in [1.807, 2.05) is 0 Å². The van der Waals surface area contributed by atoms with E-state index in [0.29, 0.717) is 6.08 Å².